The molecule has 0 spiro atoms. The largest absolute Gasteiger partial charge is 0.483 e. The van der Waals surface area contributed by atoms with Crippen LogP contribution in [0, 0.1) is 0 Å². The Morgan fingerprint density at radius 2 is 2.38 bits per heavy atom. The predicted octanol–water partition coefficient (Wildman–Crippen LogP) is 2.60. The molecular formula is C12H11BrO3. The van der Waals surface area contributed by atoms with Crippen molar-refractivity contribution < 1.29 is 14.3 Å². The summed E-state index contributed by atoms with van der Waals surface area (Å²) in [5.74, 6) is 0.582. The molecule has 0 bridgehead atoms. The van der Waals surface area contributed by atoms with E-state index in [1.807, 2.05) is 18.2 Å². The number of benzene rings is 1. The Balaban J connectivity index is 2.16. The predicted molar refractivity (Wildman–Crippen MR) is 63.9 cm³/mol. The molecule has 1 aliphatic rings. The molecule has 2 rings (SSSR count). The lowest BCUT2D eigenvalue weighted by molar-refractivity contribution is 0.0747. The van der Waals surface area contributed by atoms with Gasteiger partial charge in [0.15, 0.2) is 6.29 Å². The van der Waals surface area contributed by atoms with Crippen LogP contribution >= 0.6 is 15.9 Å². The van der Waals surface area contributed by atoms with Gasteiger partial charge in [0.05, 0.1) is 18.8 Å². The van der Waals surface area contributed by atoms with Crippen molar-refractivity contribution >= 4 is 22.2 Å². The normalized spacial score (nSPS) is 19.4. The minimum Gasteiger partial charge on any atom is -0.483 e. The number of ether oxygens (including phenoxy) is 2. The highest BCUT2D eigenvalue weighted by Crippen LogP contribution is 2.23. The van der Waals surface area contributed by atoms with E-state index < -0.39 is 0 Å². The van der Waals surface area contributed by atoms with Gasteiger partial charge < -0.3 is 9.47 Å². The minimum atomic E-state index is -0.117. The summed E-state index contributed by atoms with van der Waals surface area (Å²) in [7, 11) is 0. The molecule has 0 aromatic heterocycles. The highest BCUT2D eigenvalue weighted by atomic mass is 79.9. The van der Waals surface area contributed by atoms with Gasteiger partial charge >= 0.3 is 0 Å². The van der Waals surface area contributed by atoms with Gasteiger partial charge in [0.25, 0.3) is 0 Å². The second-order valence-corrected chi connectivity index (χ2v) is 4.34. The van der Waals surface area contributed by atoms with E-state index in [0.717, 1.165) is 10.8 Å². The van der Waals surface area contributed by atoms with Crippen molar-refractivity contribution in [2.75, 3.05) is 13.2 Å². The van der Waals surface area contributed by atoms with E-state index in [0.29, 0.717) is 24.5 Å². The highest BCUT2D eigenvalue weighted by molar-refractivity contribution is 9.10. The summed E-state index contributed by atoms with van der Waals surface area (Å²) in [5.41, 5.74) is 0.536. The molecule has 1 atom stereocenters. The van der Waals surface area contributed by atoms with E-state index in [1.165, 1.54) is 0 Å². The molecule has 0 fully saturated rings. The SMILES string of the molecule is O=Cc1cc(Br)ccc1OC1C=CCOC1. The lowest BCUT2D eigenvalue weighted by Crippen LogP contribution is -2.24. The van der Waals surface area contributed by atoms with Gasteiger partial charge in [-0.3, -0.25) is 4.79 Å². The van der Waals surface area contributed by atoms with Gasteiger partial charge in [0, 0.05) is 4.47 Å². The van der Waals surface area contributed by atoms with Crippen LogP contribution in [0.3, 0.4) is 0 Å². The topological polar surface area (TPSA) is 35.5 Å². The maximum atomic E-state index is 10.9. The molecule has 0 saturated carbocycles. The van der Waals surface area contributed by atoms with E-state index in [-0.39, 0.29) is 6.10 Å². The van der Waals surface area contributed by atoms with Crippen LogP contribution in [0.1, 0.15) is 10.4 Å². The van der Waals surface area contributed by atoms with E-state index in [1.54, 1.807) is 12.1 Å². The molecule has 1 heterocycles. The van der Waals surface area contributed by atoms with Crippen LogP contribution in [0.15, 0.2) is 34.8 Å². The van der Waals surface area contributed by atoms with Gasteiger partial charge in [0.1, 0.15) is 11.9 Å². The molecule has 3 nitrogen and oxygen atoms in total. The summed E-state index contributed by atoms with van der Waals surface area (Å²) in [5, 5.41) is 0. The fraction of sp³-hybridized carbons (Fsp3) is 0.250. The quantitative estimate of drug-likeness (QED) is 0.632. The van der Waals surface area contributed by atoms with Crippen molar-refractivity contribution in [2.24, 2.45) is 0 Å². The number of carbonyl (C=O) groups excluding carboxylic acids is 1. The summed E-state index contributed by atoms with van der Waals surface area (Å²) < 4.78 is 11.8. The fourth-order valence-corrected chi connectivity index (χ4v) is 1.85. The van der Waals surface area contributed by atoms with Crippen molar-refractivity contribution in [3.63, 3.8) is 0 Å². The third kappa shape index (κ3) is 2.71. The van der Waals surface area contributed by atoms with E-state index in [9.17, 15) is 4.79 Å². The van der Waals surface area contributed by atoms with E-state index in [2.05, 4.69) is 15.9 Å². The average molecular weight is 283 g/mol. The average Bonchev–Trinajstić information content (AvgIpc) is 2.33. The summed E-state index contributed by atoms with van der Waals surface area (Å²) in [4.78, 5) is 10.9. The summed E-state index contributed by atoms with van der Waals surface area (Å²) >= 11 is 3.31. The van der Waals surface area contributed by atoms with Gasteiger partial charge in [-0.05, 0) is 24.3 Å². The Morgan fingerprint density at radius 3 is 3.06 bits per heavy atom. The standard InChI is InChI=1S/C12H11BrO3/c13-10-3-4-12(9(6-10)7-14)16-11-2-1-5-15-8-11/h1-4,6-7,11H,5,8H2. The first-order valence-electron chi connectivity index (χ1n) is 4.95. The van der Waals surface area contributed by atoms with Crippen LogP contribution in [0.4, 0.5) is 0 Å². The number of carbonyl (C=O) groups is 1. The molecule has 0 radical (unpaired) electrons. The first-order valence-corrected chi connectivity index (χ1v) is 5.74. The van der Waals surface area contributed by atoms with Crippen LogP contribution in [0.25, 0.3) is 0 Å². The van der Waals surface area contributed by atoms with Gasteiger partial charge in [-0.2, -0.15) is 0 Å². The van der Waals surface area contributed by atoms with Crippen molar-refractivity contribution in [3.05, 3.63) is 40.4 Å². The highest BCUT2D eigenvalue weighted by Gasteiger charge is 2.12. The summed E-state index contributed by atoms with van der Waals surface area (Å²) in [6.45, 7) is 1.14. The maximum absolute atomic E-state index is 10.9. The number of halogens is 1. The fourth-order valence-electron chi connectivity index (χ4n) is 1.47. The zero-order valence-corrected chi connectivity index (χ0v) is 10.1. The second-order valence-electron chi connectivity index (χ2n) is 3.42. The molecule has 1 aromatic rings. The second kappa shape index (κ2) is 5.27. The van der Waals surface area contributed by atoms with E-state index in [4.69, 9.17) is 9.47 Å². The summed E-state index contributed by atoms with van der Waals surface area (Å²) in [6, 6.07) is 5.35. The Morgan fingerprint density at radius 1 is 1.50 bits per heavy atom. The number of hydrogen-bond donors (Lipinski definition) is 0. The van der Waals surface area contributed by atoms with Crippen molar-refractivity contribution in [1.29, 1.82) is 0 Å². The molecule has 0 aliphatic carbocycles. The Labute approximate surface area is 102 Å². The molecule has 4 heteroatoms. The van der Waals surface area contributed by atoms with Crippen LogP contribution in [0.5, 0.6) is 5.75 Å². The van der Waals surface area contributed by atoms with E-state index >= 15 is 0 Å². The van der Waals surface area contributed by atoms with Crippen LogP contribution < -0.4 is 4.74 Å². The summed E-state index contributed by atoms with van der Waals surface area (Å²) in [6.07, 6.45) is 4.52. The third-order valence-corrected chi connectivity index (χ3v) is 2.72. The molecule has 1 aliphatic heterocycles. The smallest absolute Gasteiger partial charge is 0.153 e. The third-order valence-electron chi connectivity index (χ3n) is 2.22. The van der Waals surface area contributed by atoms with Crippen molar-refractivity contribution in [2.45, 2.75) is 6.10 Å². The van der Waals surface area contributed by atoms with Gasteiger partial charge in [0.2, 0.25) is 0 Å². The van der Waals surface area contributed by atoms with Crippen molar-refractivity contribution in [3.8, 4) is 5.75 Å². The zero-order chi connectivity index (χ0) is 11.4. The lowest BCUT2D eigenvalue weighted by atomic mass is 10.2. The van der Waals surface area contributed by atoms with Gasteiger partial charge in [-0.15, -0.1) is 0 Å². The van der Waals surface area contributed by atoms with Gasteiger partial charge in [-0.25, -0.2) is 0 Å². The first kappa shape index (κ1) is 11.4. The molecule has 0 saturated heterocycles. The van der Waals surface area contributed by atoms with Crippen LogP contribution in [-0.2, 0) is 4.74 Å². The number of aldehydes is 1. The Bertz CT molecular complexity index is 415. The van der Waals surface area contributed by atoms with Crippen LogP contribution in [-0.4, -0.2) is 25.6 Å². The molecule has 16 heavy (non-hydrogen) atoms. The Hall–Kier alpha value is -1.13. The lowest BCUT2D eigenvalue weighted by Gasteiger charge is -2.19. The molecular weight excluding hydrogens is 272 g/mol. The monoisotopic (exact) mass is 282 g/mol. The first-order chi connectivity index (χ1) is 7.79. The maximum Gasteiger partial charge on any atom is 0.153 e. The van der Waals surface area contributed by atoms with Gasteiger partial charge in [-0.1, -0.05) is 22.0 Å². The molecule has 0 amide bonds. The molecule has 0 N–H and O–H groups in total. The van der Waals surface area contributed by atoms with Crippen LogP contribution in [0.2, 0.25) is 0 Å². The molecule has 84 valence electrons. The van der Waals surface area contributed by atoms with Crippen molar-refractivity contribution in [1.82, 2.24) is 0 Å². The Kier molecular flexibility index (Phi) is 3.74. The molecule has 1 unspecified atom stereocenters. The zero-order valence-electron chi connectivity index (χ0n) is 8.56. The minimum absolute atomic E-state index is 0.117. The molecule has 1 aromatic carbocycles. The number of rotatable bonds is 3. The number of hydrogen-bond acceptors (Lipinski definition) is 3.